The van der Waals surface area contributed by atoms with E-state index in [1.165, 1.54) is 31.2 Å². The van der Waals surface area contributed by atoms with Crippen LogP contribution in [-0.4, -0.2) is 37.5 Å². The molecule has 0 heterocycles. The third-order valence-electron chi connectivity index (χ3n) is 4.04. The van der Waals surface area contributed by atoms with Gasteiger partial charge in [-0.2, -0.15) is 0 Å². The molecule has 1 aromatic carbocycles. The van der Waals surface area contributed by atoms with Gasteiger partial charge in [-0.25, -0.2) is 0 Å². The molecule has 0 atom stereocenters. The van der Waals surface area contributed by atoms with Crippen LogP contribution in [0.1, 0.15) is 37.2 Å². The molecule has 1 aliphatic rings. The van der Waals surface area contributed by atoms with Gasteiger partial charge in [0.25, 0.3) is 0 Å². The maximum Gasteiger partial charge on any atom is 0.236 e. The molecule has 1 amide bonds. The van der Waals surface area contributed by atoms with E-state index in [9.17, 15) is 4.79 Å². The second-order valence-corrected chi connectivity index (χ2v) is 5.63. The summed E-state index contributed by atoms with van der Waals surface area (Å²) in [6.45, 7) is 0.466. The molecule has 104 valence electrons. The third kappa shape index (κ3) is 4.06. The van der Waals surface area contributed by atoms with Crippen molar-refractivity contribution in [2.24, 2.45) is 0 Å². The van der Waals surface area contributed by atoms with Crippen molar-refractivity contribution in [1.82, 2.24) is 10.2 Å². The lowest BCUT2D eigenvalue weighted by Crippen LogP contribution is -2.40. The summed E-state index contributed by atoms with van der Waals surface area (Å²) in [6.07, 6.45) is 4.77. The number of hydrogen-bond donors (Lipinski definition) is 1. The molecule has 0 saturated heterocycles. The van der Waals surface area contributed by atoms with Crippen molar-refractivity contribution in [3.05, 3.63) is 35.9 Å². The second-order valence-electron chi connectivity index (χ2n) is 5.63. The smallest absolute Gasteiger partial charge is 0.236 e. The molecule has 0 aromatic heterocycles. The topological polar surface area (TPSA) is 32.3 Å². The lowest BCUT2D eigenvalue weighted by Gasteiger charge is -2.29. The second kappa shape index (κ2) is 6.71. The van der Waals surface area contributed by atoms with Gasteiger partial charge in [-0.05, 0) is 37.2 Å². The molecular formula is C16H24N2O. The van der Waals surface area contributed by atoms with Crippen LogP contribution in [-0.2, 0) is 4.79 Å². The molecule has 3 nitrogen and oxygen atoms in total. The molecule has 1 N–H and O–H groups in total. The zero-order chi connectivity index (χ0) is 13.7. The number of benzene rings is 1. The van der Waals surface area contributed by atoms with Gasteiger partial charge in [0.1, 0.15) is 0 Å². The lowest BCUT2D eigenvalue weighted by molar-refractivity contribution is -0.127. The maximum absolute atomic E-state index is 11.5. The molecule has 1 aliphatic carbocycles. The van der Waals surface area contributed by atoms with Gasteiger partial charge in [-0.1, -0.05) is 30.3 Å². The molecule has 0 bridgehead atoms. The Labute approximate surface area is 116 Å². The molecule has 1 fully saturated rings. The Bertz CT molecular complexity index is 394. The Morgan fingerprint density at radius 2 is 1.79 bits per heavy atom. The summed E-state index contributed by atoms with van der Waals surface area (Å²) in [5.74, 6) is 0.856. The average molecular weight is 260 g/mol. The first kappa shape index (κ1) is 14.1. The van der Waals surface area contributed by atoms with E-state index in [0.29, 0.717) is 18.5 Å². The normalized spacial score (nSPS) is 23.1. The maximum atomic E-state index is 11.5. The number of rotatable bonds is 4. The highest BCUT2D eigenvalue weighted by atomic mass is 16.2. The predicted octanol–water partition coefficient (Wildman–Crippen LogP) is 2.39. The predicted molar refractivity (Wildman–Crippen MR) is 78.1 cm³/mol. The van der Waals surface area contributed by atoms with Crippen LogP contribution in [0.15, 0.2) is 30.3 Å². The van der Waals surface area contributed by atoms with Crippen LogP contribution in [0.5, 0.6) is 0 Å². The van der Waals surface area contributed by atoms with Crippen LogP contribution in [0.2, 0.25) is 0 Å². The van der Waals surface area contributed by atoms with Gasteiger partial charge in [0.15, 0.2) is 0 Å². The summed E-state index contributed by atoms with van der Waals surface area (Å²) in [6, 6.07) is 11.3. The lowest BCUT2D eigenvalue weighted by atomic mass is 9.82. The van der Waals surface area contributed by atoms with Gasteiger partial charge in [0, 0.05) is 20.1 Å². The average Bonchev–Trinajstić information content (AvgIpc) is 2.46. The van der Waals surface area contributed by atoms with Gasteiger partial charge >= 0.3 is 0 Å². The Kier molecular flexibility index (Phi) is 4.97. The Hall–Kier alpha value is -1.35. The van der Waals surface area contributed by atoms with Crippen LogP contribution < -0.4 is 5.32 Å². The minimum Gasteiger partial charge on any atom is -0.348 e. The number of amides is 1. The number of carbonyl (C=O) groups is 1. The zero-order valence-corrected chi connectivity index (χ0v) is 11.9. The Morgan fingerprint density at radius 1 is 1.16 bits per heavy atom. The number of nitrogens with one attached hydrogen (secondary N) is 1. The Balaban J connectivity index is 1.75. The Morgan fingerprint density at radius 3 is 2.37 bits per heavy atom. The summed E-state index contributed by atoms with van der Waals surface area (Å²) < 4.78 is 0. The summed E-state index contributed by atoms with van der Waals surface area (Å²) in [4.78, 5) is 13.2. The highest BCUT2D eigenvalue weighted by Crippen LogP contribution is 2.32. The van der Waals surface area contributed by atoms with Crippen molar-refractivity contribution in [3.8, 4) is 0 Å². The van der Waals surface area contributed by atoms with E-state index in [1.54, 1.807) is 19.0 Å². The van der Waals surface area contributed by atoms with Gasteiger partial charge in [0.2, 0.25) is 5.91 Å². The SMILES string of the molecule is CN(C)C(=O)CNC1CCC(c2ccccc2)CC1. The van der Waals surface area contributed by atoms with E-state index in [4.69, 9.17) is 0 Å². The van der Waals surface area contributed by atoms with Crippen molar-refractivity contribution in [2.75, 3.05) is 20.6 Å². The van der Waals surface area contributed by atoms with Gasteiger partial charge in [0.05, 0.1) is 6.54 Å². The molecule has 1 saturated carbocycles. The fourth-order valence-corrected chi connectivity index (χ4v) is 2.75. The first-order valence-corrected chi connectivity index (χ1v) is 7.15. The van der Waals surface area contributed by atoms with Crippen molar-refractivity contribution in [2.45, 2.75) is 37.6 Å². The standard InChI is InChI=1S/C16H24N2O/c1-18(2)16(19)12-17-15-10-8-14(9-11-15)13-6-4-3-5-7-13/h3-7,14-15,17H,8-12H2,1-2H3. The van der Waals surface area contributed by atoms with Crippen molar-refractivity contribution < 1.29 is 4.79 Å². The highest BCUT2D eigenvalue weighted by molar-refractivity contribution is 5.77. The fourth-order valence-electron chi connectivity index (χ4n) is 2.75. The minimum absolute atomic E-state index is 0.158. The van der Waals surface area contributed by atoms with E-state index in [1.807, 2.05) is 0 Å². The van der Waals surface area contributed by atoms with Crippen LogP contribution >= 0.6 is 0 Å². The van der Waals surface area contributed by atoms with E-state index < -0.39 is 0 Å². The van der Waals surface area contributed by atoms with Crippen molar-refractivity contribution in [1.29, 1.82) is 0 Å². The number of nitrogens with zero attached hydrogens (tertiary/aromatic N) is 1. The largest absolute Gasteiger partial charge is 0.348 e. The molecule has 0 unspecified atom stereocenters. The first-order chi connectivity index (χ1) is 9.16. The highest BCUT2D eigenvalue weighted by Gasteiger charge is 2.22. The first-order valence-electron chi connectivity index (χ1n) is 7.15. The zero-order valence-electron chi connectivity index (χ0n) is 11.9. The van der Waals surface area contributed by atoms with Crippen LogP contribution in [0.3, 0.4) is 0 Å². The van der Waals surface area contributed by atoms with Gasteiger partial charge in [-0.3, -0.25) is 4.79 Å². The molecule has 0 spiro atoms. The van der Waals surface area contributed by atoms with Crippen molar-refractivity contribution >= 4 is 5.91 Å². The summed E-state index contributed by atoms with van der Waals surface area (Å²) in [5.41, 5.74) is 1.46. The van der Waals surface area contributed by atoms with E-state index in [0.717, 1.165) is 0 Å². The quantitative estimate of drug-likeness (QED) is 0.901. The van der Waals surface area contributed by atoms with Gasteiger partial charge in [-0.15, -0.1) is 0 Å². The molecule has 19 heavy (non-hydrogen) atoms. The number of hydrogen-bond acceptors (Lipinski definition) is 2. The molecular weight excluding hydrogens is 236 g/mol. The third-order valence-corrected chi connectivity index (χ3v) is 4.04. The number of likely N-dealkylation sites (N-methyl/N-ethyl adjacent to an activating group) is 1. The molecule has 3 heteroatoms. The molecule has 0 aliphatic heterocycles. The van der Waals surface area contributed by atoms with E-state index in [2.05, 4.69) is 35.6 Å². The van der Waals surface area contributed by atoms with Crippen molar-refractivity contribution in [3.63, 3.8) is 0 Å². The summed E-state index contributed by atoms with van der Waals surface area (Å²) in [7, 11) is 3.60. The summed E-state index contributed by atoms with van der Waals surface area (Å²) >= 11 is 0. The van der Waals surface area contributed by atoms with E-state index in [-0.39, 0.29) is 5.91 Å². The summed E-state index contributed by atoms with van der Waals surface area (Å²) in [5, 5.41) is 3.38. The molecule has 2 rings (SSSR count). The monoisotopic (exact) mass is 260 g/mol. The van der Waals surface area contributed by atoms with E-state index >= 15 is 0 Å². The van der Waals surface area contributed by atoms with Crippen LogP contribution in [0, 0.1) is 0 Å². The minimum atomic E-state index is 0.158. The fraction of sp³-hybridized carbons (Fsp3) is 0.562. The number of carbonyl (C=O) groups excluding carboxylic acids is 1. The van der Waals surface area contributed by atoms with Crippen LogP contribution in [0.25, 0.3) is 0 Å². The van der Waals surface area contributed by atoms with Gasteiger partial charge < -0.3 is 10.2 Å². The van der Waals surface area contributed by atoms with Crippen LogP contribution in [0.4, 0.5) is 0 Å². The molecule has 1 aromatic rings. The molecule has 0 radical (unpaired) electrons.